The first-order valence-electron chi connectivity index (χ1n) is 9.37. The van der Waals surface area contributed by atoms with Crippen molar-refractivity contribution in [2.24, 2.45) is 0 Å². The molecule has 7 heteroatoms. The molecule has 1 N–H and O–H groups in total. The fraction of sp³-hybridized carbons (Fsp3) is 0.524. The number of anilines is 1. The summed E-state index contributed by atoms with van der Waals surface area (Å²) in [7, 11) is 1.42. The summed E-state index contributed by atoms with van der Waals surface area (Å²) < 4.78 is 22.7. The molecule has 2 aliphatic rings. The molecule has 1 aliphatic heterocycles. The van der Waals surface area contributed by atoms with Crippen molar-refractivity contribution in [3.05, 3.63) is 33.9 Å². The first-order chi connectivity index (χ1) is 12.9. The number of nitrogens with one attached hydrogen (secondary N) is 1. The molecule has 1 unspecified atom stereocenters. The average Bonchev–Trinajstić information content (AvgIpc) is 3.46. The number of fused-ring (bicyclic) bond motifs is 1. The van der Waals surface area contributed by atoms with Crippen LogP contribution in [0.25, 0.3) is 10.9 Å². The van der Waals surface area contributed by atoms with Crippen molar-refractivity contribution in [2.75, 3.05) is 31.6 Å². The Morgan fingerprint density at radius 1 is 1.36 bits per heavy atom. The normalized spacial score (nSPS) is 19.4. The lowest BCUT2D eigenvalue weighted by Crippen LogP contribution is -2.49. The van der Waals surface area contributed by atoms with Gasteiger partial charge in [-0.15, -0.1) is 0 Å². The number of aromatic nitrogens is 1. The molecule has 0 radical (unpaired) electrons. The summed E-state index contributed by atoms with van der Waals surface area (Å²) in [6, 6.07) is 1.98. The van der Waals surface area contributed by atoms with Gasteiger partial charge in [0.25, 0.3) is 0 Å². The number of pyridine rings is 1. The molecule has 1 saturated carbocycles. The molecule has 0 spiro atoms. The van der Waals surface area contributed by atoms with Gasteiger partial charge in [-0.25, -0.2) is 4.39 Å². The van der Waals surface area contributed by atoms with E-state index in [2.05, 4.69) is 5.32 Å². The van der Waals surface area contributed by atoms with Gasteiger partial charge >= 0.3 is 0 Å². The van der Waals surface area contributed by atoms with E-state index >= 15 is 4.39 Å². The minimum Gasteiger partial charge on any atom is -0.491 e. The Morgan fingerprint density at radius 2 is 2.07 bits per heavy atom. The van der Waals surface area contributed by atoms with Gasteiger partial charge in [0.05, 0.1) is 29.3 Å². The highest BCUT2D eigenvalue weighted by atomic mass is 19.1. The van der Waals surface area contributed by atoms with Gasteiger partial charge < -0.3 is 19.5 Å². The molecule has 4 rings (SSSR count). The molecule has 1 aromatic heterocycles. The molecule has 2 aromatic rings. The van der Waals surface area contributed by atoms with Crippen molar-refractivity contribution >= 4 is 22.4 Å². The number of nitrogens with zero attached hydrogens (tertiary/aromatic N) is 2. The van der Waals surface area contributed by atoms with Crippen LogP contribution in [0, 0.1) is 5.82 Å². The van der Waals surface area contributed by atoms with Gasteiger partial charge in [0.1, 0.15) is 0 Å². The van der Waals surface area contributed by atoms with E-state index in [9.17, 15) is 9.59 Å². The summed E-state index contributed by atoms with van der Waals surface area (Å²) in [6.07, 6.45) is 3.45. The highest BCUT2D eigenvalue weighted by molar-refractivity contribution is 5.99. The molecular weight excluding hydrogens is 361 g/mol. The van der Waals surface area contributed by atoms with Crippen LogP contribution in [0.1, 0.15) is 50.5 Å². The van der Waals surface area contributed by atoms with Gasteiger partial charge in [0, 0.05) is 37.9 Å². The third kappa shape index (κ3) is 3.28. The second-order valence-electron chi connectivity index (χ2n) is 7.51. The summed E-state index contributed by atoms with van der Waals surface area (Å²) >= 11 is 0. The third-order valence-electron chi connectivity index (χ3n) is 5.42. The molecule has 1 atom stereocenters. The van der Waals surface area contributed by atoms with Gasteiger partial charge in [-0.3, -0.25) is 9.59 Å². The topological polar surface area (TPSA) is 63.6 Å². The summed E-state index contributed by atoms with van der Waals surface area (Å²) in [4.78, 5) is 27.0. The molecule has 152 valence electrons. The van der Waals surface area contributed by atoms with Crippen molar-refractivity contribution in [2.45, 2.75) is 46.2 Å². The fourth-order valence-electron chi connectivity index (χ4n) is 3.91. The number of hydrogen-bond donors (Lipinski definition) is 1. The Balaban J connectivity index is 0.00000225. The van der Waals surface area contributed by atoms with E-state index in [1.807, 2.05) is 16.4 Å². The minimum absolute atomic E-state index is 0. The standard InChI is InChI=1S/C20H24FN3O3.CH4/c1-11-9-23(7-6-22-11)16-8-14-18(20(27-3)17(16)21)24(13-4-5-13)10-15(12(2)25)19(14)26;/h8,10-11,13,22H,4-7,9H2,1-3H3;1H4. The van der Waals surface area contributed by atoms with Crippen LogP contribution in [0.15, 0.2) is 17.1 Å². The number of hydrogen-bond acceptors (Lipinski definition) is 5. The van der Waals surface area contributed by atoms with Crippen LogP contribution in [0.5, 0.6) is 5.75 Å². The number of piperazine rings is 1. The van der Waals surface area contributed by atoms with Gasteiger partial charge in [-0.2, -0.15) is 0 Å². The zero-order chi connectivity index (χ0) is 19.3. The average molecular weight is 389 g/mol. The lowest BCUT2D eigenvalue weighted by atomic mass is 10.1. The smallest absolute Gasteiger partial charge is 0.200 e. The highest BCUT2D eigenvalue weighted by Gasteiger charge is 2.31. The first-order valence-corrected chi connectivity index (χ1v) is 9.37. The van der Waals surface area contributed by atoms with E-state index in [0.29, 0.717) is 29.7 Å². The fourth-order valence-corrected chi connectivity index (χ4v) is 3.91. The molecule has 1 aliphatic carbocycles. The summed E-state index contributed by atoms with van der Waals surface area (Å²) in [5, 5.41) is 3.67. The van der Waals surface area contributed by atoms with Gasteiger partial charge in [0.2, 0.25) is 0 Å². The Labute approximate surface area is 164 Å². The maximum atomic E-state index is 15.4. The predicted octanol–water partition coefficient (Wildman–Crippen LogP) is 3.12. The molecule has 2 heterocycles. The Morgan fingerprint density at radius 3 is 2.64 bits per heavy atom. The third-order valence-corrected chi connectivity index (χ3v) is 5.42. The van der Waals surface area contributed by atoms with Crippen LogP contribution in [-0.2, 0) is 0 Å². The maximum absolute atomic E-state index is 15.4. The first kappa shape index (κ1) is 20.3. The number of benzene rings is 1. The van der Waals surface area contributed by atoms with Gasteiger partial charge in [-0.05, 0) is 32.8 Å². The largest absolute Gasteiger partial charge is 0.491 e. The lowest BCUT2D eigenvalue weighted by molar-refractivity contribution is 0.101. The molecule has 0 amide bonds. The van der Waals surface area contributed by atoms with E-state index in [1.165, 1.54) is 14.0 Å². The van der Waals surface area contributed by atoms with Crippen molar-refractivity contribution < 1.29 is 13.9 Å². The van der Waals surface area contributed by atoms with Crippen molar-refractivity contribution in [3.8, 4) is 5.75 Å². The van der Waals surface area contributed by atoms with Crippen LogP contribution in [0.4, 0.5) is 10.1 Å². The molecule has 1 saturated heterocycles. The molecule has 2 fully saturated rings. The molecule has 0 bridgehead atoms. The molecule has 28 heavy (non-hydrogen) atoms. The van der Waals surface area contributed by atoms with E-state index in [-0.39, 0.29) is 42.0 Å². The number of Topliss-reactive ketones (excluding diaryl/α,β-unsaturated/α-hetero) is 1. The molecular formula is C21H28FN3O3. The van der Waals surface area contributed by atoms with Crippen molar-refractivity contribution in [3.63, 3.8) is 0 Å². The van der Waals surface area contributed by atoms with E-state index in [1.54, 1.807) is 12.3 Å². The highest BCUT2D eigenvalue weighted by Crippen LogP contribution is 2.42. The lowest BCUT2D eigenvalue weighted by Gasteiger charge is -2.34. The Kier molecular flexibility index (Phi) is 5.48. The number of methoxy groups -OCH3 is 1. The molecule has 1 aromatic carbocycles. The monoisotopic (exact) mass is 389 g/mol. The van der Waals surface area contributed by atoms with Crippen LogP contribution < -0.4 is 20.4 Å². The van der Waals surface area contributed by atoms with Crippen LogP contribution >= 0.6 is 0 Å². The Hall–Kier alpha value is -2.41. The van der Waals surface area contributed by atoms with Crippen LogP contribution in [0.3, 0.4) is 0 Å². The van der Waals surface area contributed by atoms with Crippen molar-refractivity contribution in [1.82, 2.24) is 9.88 Å². The SMILES string of the molecule is C.COc1c(F)c(N2CCNC(C)C2)cc2c(=O)c(C(C)=O)cn(C3CC3)c12. The second-order valence-corrected chi connectivity index (χ2v) is 7.51. The van der Waals surface area contributed by atoms with Crippen LogP contribution in [-0.4, -0.2) is 43.1 Å². The minimum atomic E-state index is -0.455. The van der Waals surface area contributed by atoms with Crippen molar-refractivity contribution in [1.29, 1.82) is 0 Å². The summed E-state index contributed by atoms with van der Waals surface area (Å²) in [6.45, 7) is 5.43. The summed E-state index contributed by atoms with van der Waals surface area (Å²) in [5.74, 6) is -0.659. The van der Waals surface area contributed by atoms with E-state index < -0.39 is 5.82 Å². The van der Waals surface area contributed by atoms with Gasteiger partial charge in [-0.1, -0.05) is 7.43 Å². The van der Waals surface area contributed by atoms with E-state index in [0.717, 1.165) is 19.4 Å². The zero-order valence-corrected chi connectivity index (χ0v) is 15.8. The number of ether oxygens (including phenoxy) is 1. The number of carbonyl (C=O) groups excluding carboxylic acids is 1. The predicted molar refractivity (Wildman–Crippen MR) is 109 cm³/mol. The zero-order valence-electron chi connectivity index (χ0n) is 15.8. The number of carbonyl (C=O) groups is 1. The van der Waals surface area contributed by atoms with E-state index in [4.69, 9.17) is 4.74 Å². The quantitative estimate of drug-likeness (QED) is 0.814. The maximum Gasteiger partial charge on any atom is 0.200 e. The number of halogens is 1. The number of rotatable bonds is 4. The van der Waals surface area contributed by atoms with Gasteiger partial charge in [0.15, 0.2) is 22.8 Å². The summed E-state index contributed by atoms with van der Waals surface area (Å²) in [5.41, 5.74) is 0.576. The Bertz CT molecular complexity index is 981. The molecule has 6 nitrogen and oxygen atoms in total. The number of ketones is 1. The van der Waals surface area contributed by atoms with Crippen LogP contribution in [0.2, 0.25) is 0 Å². The second kappa shape index (κ2) is 7.54.